The third-order valence-corrected chi connectivity index (χ3v) is 9.03. The minimum Gasteiger partial charge on any atom is -0.467 e. The van der Waals surface area contributed by atoms with Crippen molar-refractivity contribution in [2.45, 2.75) is 94.2 Å². The van der Waals surface area contributed by atoms with Crippen LogP contribution in [-0.4, -0.2) is 45.7 Å². The molecule has 1 aliphatic carbocycles. The van der Waals surface area contributed by atoms with Gasteiger partial charge >= 0.3 is 6.09 Å². The summed E-state index contributed by atoms with van der Waals surface area (Å²) in [6.45, 7) is 3.94. The first kappa shape index (κ1) is 34.1. The van der Waals surface area contributed by atoms with E-state index in [1.165, 1.54) is 24.4 Å². The lowest BCUT2D eigenvalue weighted by Crippen LogP contribution is -2.55. The molecule has 1 aromatic heterocycles. The normalized spacial score (nSPS) is 16.3. The van der Waals surface area contributed by atoms with E-state index < -0.39 is 41.5 Å². The van der Waals surface area contributed by atoms with Crippen LogP contribution >= 0.6 is 11.8 Å². The Hall–Kier alpha value is -3.76. The molecule has 1 aliphatic rings. The van der Waals surface area contributed by atoms with Crippen LogP contribution in [0.15, 0.2) is 83.5 Å². The molecule has 9 nitrogen and oxygen atoms in total. The Morgan fingerprint density at radius 3 is 2.16 bits per heavy atom. The number of aliphatic hydroxyl groups excluding tert-OH is 1. The molecule has 0 aliphatic heterocycles. The minimum absolute atomic E-state index is 0.00390. The molecule has 45 heavy (non-hydrogen) atoms. The number of nitrogens with one attached hydrogen (secondary N) is 3. The highest BCUT2D eigenvalue weighted by Crippen LogP contribution is 2.31. The van der Waals surface area contributed by atoms with Gasteiger partial charge in [0.2, 0.25) is 5.91 Å². The maximum Gasteiger partial charge on any atom is 0.408 e. The van der Waals surface area contributed by atoms with Crippen LogP contribution < -0.4 is 16.0 Å². The molecule has 0 saturated heterocycles. The number of thioether (sulfide) groups is 1. The number of rotatable bonds is 15. The quantitative estimate of drug-likeness (QED) is 0.153. The average molecular weight is 636 g/mol. The maximum atomic E-state index is 13.8. The fraction of sp³-hybridized carbons (Fsp3) is 0.457. The van der Waals surface area contributed by atoms with Crippen molar-refractivity contribution in [3.8, 4) is 0 Å². The van der Waals surface area contributed by atoms with Crippen LogP contribution in [0.25, 0.3) is 0 Å². The van der Waals surface area contributed by atoms with Gasteiger partial charge in [0.05, 0.1) is 12.3 Å². The highest BCUT2D eigenvalue weighted by molar-refractivity contribution is 8.01. The van der Waals surface area contributed by atoms with Gasteiger partial charge in [0.1, 0.15) is 24.5 Å². The van der Waals surface area contributed by atoms with Gasteiger partial charge in [-0.25, -0.2) is 4.79 Å². The van der Waals surface area contributed by atoms with Gasteiger partial charge in [-0.1, -0.05) is 107 Å². The number of benzene rings is 2. The molecule has 1 heterocycles. The summed E-state index contributed by atoms with van der Waals surface area (Å²) in [5.41, 5.74) is 1.66. The molecule has 10 heteroatoms. The fourth-order valence-electron chi connectivity index (χ4n) is 5.59. The van der Waals surface area contributed by atoms with E-state index in [4.69, 9.17) is 9.15 Å². The van der Waals surface area contributed by atoms with E-state index in [0.29, 0.717) is 18.1 Å². The molecule has 1 fully saturated rings. The zero-order chi connectivity index (χ0) is 32.0. The molecule has 3 amide bonds. The van der Waals surface area contributed by atoms with Crippen molar-refractivity contribution in [2.24, 2.45) is 5.92 Å². The SMILES string of the molecule is CC(C)S[C@H](NC(=O)[C@H](Cc1ccccc1)NC(=O)OCc1ccccc1)C(=O)NC(CC1CCCCC1)[C@@H](O)c1ccco1. The van der Waals surface area contributed by atoms with Gasteiger partial charge in [0, 0.05) is 11.7 Å². The smallest absolute Gasteiger partial charge is 0.408 e. The summed E-state index contributed by atoms with van der Waals surface area (Å²) >= 11 is 1.29. The van der Waals surface area contributed by atoms with E-state index in [0.717, 1.165) is 36.8 Å². The summed E-state index contributed by atoms with van der Waals surface area (Å²) in [6, 6.07) is 20.4. The molecule has 4 rings (SSSR count). The Bertz CT molecular complexity index is 1320. The lowest BCUT2D eigenvalue weighted by atomic mass is 9.83. The topological polar surface area (TPSA) is 130 Å². The minimum atomic E-state index is -1.03. The summed E-state index contributed by atoms with van der Waals surface area (Å²) in [5, 5.41) is 18.9. The zero-order valence-corrected chi connectivity index (χ0v) is 26.8. The van der Waals surface area contributed by atoms with Crippen LogP contribution in [0, 0.1) is 5.92 Å². The summed E-state index contributed by atoms with van der Waals surface area (Å²) in [7, 11) is 0. The molecule has 0 radical (unpaired) electrons. The Morgan fingerprint density at radius 1 is 0.867 bits per heavy atom. The first-order chi connectivity index (χ1) is 21.8. The van der Waals surface area contributed by atoms with Crippen molar-refractivity contribution >= 4 is 29.7 Å². The number of hydrogen-bond acceptors (Lipinski definition) is 7. The van der Waals surface area contributed by atoms with Crippen molar-refractivity contribution in [3.63, 3.8) is 0 Å². The summed E-state index contributed by atoms with van der Waals surface area (Å²) in [4.78, 5) is 40.3. The Balaban J connectivity index is 1.47. The largest absolute Gasteiger partial charge is 0.467 e. The molecule has 2 aromatic carbocycles. The number of amides is 3. The van der Waals surface area contributed by atoms with E-state index in [1.807, 2.05) is 74.5 Å². The first-order valence-corrected chi connectivity index (χ1v) is 16.7. The monoisotopic (exact) mass is 635 g/mol. The second-order valence-corrected chi connectivity index (χ2v) is 13.5. The molecular weight excluding hydrogens is 590 g/mol. The van der Waals surface area contributed by atoms with Gasteiger partial charge in [-0.2, -0.15) is 0 Å². The number of carbonyl (C=O) groups is 3. The van der Waals surface area contributed by atoms with E-state index in [2.05, 4.69) is 16.0 Å². The predicted octanol–water partition coefficient (Wildman–Crippen LogP) is 5.89. The Labute approximate surface area is 269 Å². The molecular formula is C35H45N3O6S. The molecule has 4 atom stereocenters. The summed E-state index contributed by atoms with van der Waals surface area (Å²) in [5.74, 6) is -0.173. The van der Waals surface area contributed by atoms with Gasteiger partial charge in [0.15, 0.2) is 5.37 Å². The molecule has 0 spiro atoms. The molecule has 1 unspecified atom stereocenters. The van der Waals surface area contributed by atoms with Crippen LogP contribution in [0.1, 0.15) is 75.4 Å². The molecule has 3 aromatic rings. The van der Waals surface area contributed by atoms with Crippen molar-refractivity contribution < 1.29 is 28.6 Å². The number of ether oxygens (including phenoxy) is 1. The molecule has 4 N–H and O–H groups in total. The number of carbonyl (C=O) groups excluding carboxylic acids is 3. The maximum absolute atomic E-state index is 13.8. The Kier molecular flexibility index (Phi) is 13.4. The van der Waals surface area contributed by atoms with Crippen LogP contribution in [0.3, 0.4) is 0 Å². The lowest BCUT2D eigenvalue weighted by molar-refractivity contribution is -0.129. The van der Waals surface area contributed by atoms with Gasteiger partial charge in [-0.05, 0) is 35.6 Å². The van der Waals surface area contributed by atoms with E-state index in [-0.39, 0.29) is 18.3 Å². The van der Waals surface area contributed by atoms with Gasteiger partial charge < -0.3 is 30.2 Å². The van der Waals surface area contributed by atoms with Crippen molar-refractivity contribution in [3.05, 3.63) is 95.9 Å². The van der Waals surface area contributed by atoms with Crippen LogP contribution in [0.4, 0.5) is 4.79 Å². The van der Waals surface area contributed by atoms with Crippen molar-refractivity contribution in [1.82, 2.24) is 16.0 Å². The summed E-state index contributed by atoms with van der Waals surface area (Å²) in [6.07, 6.45) is 6.10. The van der Waals surface area contributed by atoms with Crippen LogP contribution in [0.5, 0.6) is 0 Å². The van der Waals surface area contributed by atoms with Gasteiger partial charge in [-0.15, -0.1) is 11.8 Å². The van der Waals surface area contributed by atoms with Gasteiger partial charge in [-0.3, -0.25) is 9.59 Å². The molecule has 242 valence electrons. The third-order valence-electron chi connectivity index (χ3n) is 7.88. The highest BCUT2D eigenvalue weighted by Gasteiger charge is 2.33. The standard InChI is InChI=1S/C35H45N3O6S/c1-24(2)45-34(33(41)36-28(21-25-13-6-3-7-14-25)31(39)30-19-12-20-43-30)38-32(40)29(22-26-15-8-4-9-16-26)37-35(42)44-23-27-17-10-5-11-18-27/h4-5,8-12,15-20,24-25,28-29,31,34,39H,3,6-7,13-14,21-23H2,1-2H3,(H,36,41)(H,37,42)(H,38,40)/t28?,29-,31+,34-/m0/s1. The predicted molar refractivity (Wildman–Crippen MR) is 175 cm³/mol. The van der Waals surface area contributed by atoms with E-state index >= 15 is 0 Å². The van der Waals surface area contributed by atoms with Crippen LogP contribution in [0.2, 0.25) is 0 Å². The number of aliphatic hydroxyl groups is 1. The van der Waals surface area contributed by atoms with E-state index in [9.17, 15) is 19.5 Å². The van der Waals surface area contributed by atoms with Gasteiger partial charge in [0.25, 0.3) is 5.91 Å². The third kappa shape index (κ3) is 11.3. The van der Waals surface area contributed by atoms with Crippen LogP contribution in [-0.2, 0) is 27.4 Å². The number of alkyl carbamates (subject to hydrolysis) is 1. The average Bonchev–Trinajstić information content (AvgIpc) is 3.59. The second-order valence-electron chi connectivity index (χ2n) is 11.8. The van der Waals surface area contributed by atoms with Crippen molar-refractivity contribution in [2.75, 3.05) is 0 Å². The lowest BCUT2D eigenvalue weighted by Gasteiger charge is -2.31. The fourth-order valence-corrected chi connectivity index (χ4v) is 6.51. The first-order valence-electron chi connectivity index (χ1n) is 15.8. The second kappa shape index (κ2) is 17.7. The number of hydrogen-bond donors (Lipinski definition) is 4. The summed E-state index contributed by atoms with van der Waals surface area (Å²) < 4.78 is 10.9. The molecule has 0 bridgehead atoms. The molecule has 1 saturated carbocycles. The Morgan fingerprint density at radius 2 is 1.53 bits per heavy atom. The highest BCUT2D eigenvalue weighted by atomic mass is 32.2. The van der Waals surface area contributed by atoms with E-state index in [1.54, 1.807) is 12.1 Å². The van der Waals surface area contributed by atoms with Crippen molar-refractivity contribution in [1.29, 1.82) is 0 Å². The number of furan rings is 1. The zero-order valence-electron chi connectivity index (χ0n) is 26.0.